The monoisotopic (exact) mass is 281 g/mol. The molecule has 0 aliphatic rings. The van der Waals surface area contributed by atoms with Crippen molar-refractivity contribution in [1.82, 2.24) is 5.32 Å². The summed E-state index contributed by atoms with van der Waals surface area (Å²) in [7, 11) is 1.39. The molecule has 0 bridgehead atoms. The Morgan fingerprint density at radius 1 is 1.25 bits per heavy atom. The maximum absolute atomic E-state index is 12.0. The molecule has 3 N–H and O–H groups in total. The molecule has 0 saturated heterocycles. The number of hydrogen-bond donors (Lipinski definition) is 3. The Hall–Kier alpha value is -2.57. The van der Waals surface area contributed by atoms with Gasteiger partial charge in [-0.1, -0.05) is 12.1 Å². The van der Waals surface area contributed by atoms with E-state index >= 15 is 0 Å². The zero-order valence-corrected chi connectivity index (χ0v) is 10.8. The molecule has 0 aliphatic carbocycles. The SMILES string of the molecule is COc1ccccc1C(=O)N[C@@H](CCC(=O)O)C(=O)O. The van der Waals surface area contributed by atoms with E-state index < -0.39 is 23.9 Å². The van der Waals surface area contributed by atoms with Gasteiger partial charge in [-0.25, -0.2) is 4.79 Å². The van der Waals surface area contributed by atoms with E-state index in [2.05, 4.69) is 5.32 Å². The molecule has 7 nitrogen and oxygen atoms in total. The number of para-hydroxylation sites is 1. The summed E-state index contributed by atoms with van der Waals surface area (Å²) >= 11 is 0. The van der Waals surface area contributed by atoms with Crippen LogP contribution in [0.2, 0.25) is 0 Å². The van der Waals surface area contributed by atoms with E-state index in [-0.39, 0.29) is 18.4 Å². The molecule has 0 fully saturated rings. The average Bonchev–Trinajstić information content (AvgIpc) is 2.42. The Kier molecular flexibility index (Phi) is 5.52. The third kappa shape index (κ3) is 4.27. The summed E-state index contributed by atoms with van der Waals surface area (Å²) in [6.07, 6.45) is -0.533. The van der Waals surface area contributed by atoms with Crippen LogP contribution in [0.4, 0.5) is 0 Å². The number of methoxy groups -OCH3 is 1. The molecule has 7 heteroatoms. The Morgan fingerprint density at radius 3 is 2.45 bits per heavy atom. The molecule has 1 aromatic rings. The smallest absolute Gasteiger partial charge is 0.326 e. The fraction of sp³-hybridized carbons (Fsp3) is 0.308. The normalized spacial score (nSPS) is 11.4. The van der Waals surface area contributed by atoms with Gasteiger partial charge in [0.1, 0.15) is 11.8 Å². The number of benzene rings is 1. The molecule has 0 unspecified atom stereocenters. The number of carboxylic acid groups (broad SMARTS) is 2. The highest BCUT2D eigenvalue weighted by molar-refractivity contribution is 5.98. The average molecular weight is 281 g/mol. The summed E-state index contributed by atoms with van der Waals surface area (Å²) in [5.74, 6) is -2.72. The second kappa shape index (κ2) is 7.13. The highest BCUT2D eigenvalue weighted by atomic mass is 16.5. The van der Waals surface area contributed by atoms with E-state index in [9.17, 15) is 14.4 Å². The minimum atomic E-state index is -1.28. The molecule has 0 heterocycles. The molecule has 1 amide bonds. The highest BCUT2D eigenvalue weighted by Crippen LogP contribution is 2.17. The van der Waals surface area contributed by atoms with Gasteiger partial charge in [0.15, 0.2) is 0 Å². The zero-order valence-electron chi connectivity index (χ0n) is 10.8. The van der Waals surface area contributed by atoms with Crippen molar-refractivity contribution in [2.24, 2.45) is 0 Å². The van der Waals surface area contributed by atoms with Crippen molar-refractivity contribution in [2.75, 3.05) is 7.11 Å². The fourth-order valence-electron chi connectivity index (χ4n) is 1.59. The van der Waals surface area contributed by atoms with Crippen LogP contribution in [0.5, 0.6) is 5.75 Å². The first-order valence-electron chi connectivity index (χ1n) is 5.84. The third-order valence-corrected chi connectivity index (χ3v) is 2.60. The molecule has 0 spiro atoms. The Balaban J connectivity index is 2.80. The van der Waals surface area contributed by atoms with Crippen LogP contribution in [0.15, 0.2) is 24.3 Å². The fourth-order valence-corrected chi connectivity index (χ4v) is 1.59. The topological polar surface area (TPSA) is 113 Å². The second-order valence-corrected chi connectivity index (χ2v) is 4.00. The van der Waals surface area contributed by atoms with Crippen molar-refractivity contribution in [3.63, 3.8) is 0 Å². The molecule has 20 heavy (non-hydrogen) atoms. The van der Waals surface area contributed by atoms with Crippen molar-refractivity contribution in [3.05, 3.63) is 29.8 Å². The van der Waals surface area contributed by atoms with E-state index in [0.717, 1.165) is 0 Å². The molecule has 1 rings (SSSR count). The maximum Gasteiger partial charge on any atom is 0.326 e. The van der Waals surface area contributed by atoms with Crippen LogP contribution in [-0.4, -0.2) is 41.2 Å². The van der Waals surface area contributed by atoms with Crippen LogP contribution in [0.1, 0.15) is 23.2 Å². The van der Waals surface area contributed by atoms with E-state index in [1.54, 1.807) is 18.2 Å². The largest absolute Gasteiger partial charge is 0.496 e. The summed E-state index contributed by atoms with van der Waals surface area (Å²) in [5, 5.41) is 19.8. The molecule has 0 aliphatic heterocycles. The lowest BCUT2D eigenvalue weighted by molar-refractivity contribution is -0.140. The highest BCUT2D eigenvalue weighted by Gasteiger charge is 2.22. The van der Waals surface area contributed by atoms with Gasteiger partial charge in [-0.05, 0) is 18.6 Å². The number of carboxylic acids is 2. The number of aliphatic carboxylic acids is 2. The zero-order chi connectivity index (χ0) is 15.1. The lowest BCUT2D eigenvalue weighted by Crippen LogP contribution is -2.41. The number of carbonyl (C=O) groups excluding carboxylic acids is 1. The van der Waals surface area contributed by atoms with Crippen LogP contribution < -0.4 is 10.1 Å². The number of carbonyl (C=O) groups is 3. The first kappa shape index (κ1) is 15.5. The van der Waals surface area contributed by atoms with E-state index in [1.807, 2.05) is 0 Å². The van der Waals surface area contributed by atoms with Crippen LogP contribution in [-0.2, 0) is 9.59 Å². The van der Waals surface area contributed by atoms with Crippen LogP contribution in [0, 0.1) is 0 Å². The van der Waals surface area contributed by atoms with Gasteiger partial charge in [0, 0.05) is 6.42 Å². The predicted molar refractivity (Wildman–Crippen MR) is 68.8 cm³/mol. The number of hydrogen-bond acceptors (Lipinski definition) is 4. The summed E-state index contributed by atoms with van der Waals surface area (Å²) in [4.78, 5) is 33.4. The van der Waals surface area contributed by atoms with E-state index in [1.165, 1.54) is 13.2 Å². The van der Waals surface area contributed by atoms with Gasteiger partial charge in [0.05, 0.1) is 12.7 Å². The minimum Gasteiger partial charge on any atom is -0.496 e. The van der Waals surface area contributed by atoms with Crippen LogP contribution in [0.25, 0.3) is 0 Å². The number of nitrogens with one attached hydrogen (secondary N) is 1. The van der Waals surface area contributed by atoms with Crippen molar-refractivity contribution in [1.29, 1.82) is 0 Å². The second-order valence-electron chi connectivity index (χ2n) is 4.00. The summed E-state index contributed by atoms with van der Waals surface area (Å²) in [5.41, 5.74) is 0.191. The predicted octanol–water partition coefficient (Wildman–Crippen LogP) is 0.743. The first-order valence-corrected chi connectivity index (χ1v) is 5.84. The van der Waals surface area contributed by atoms with Gasteiger partial charge < -0.3 is 20.3 Å². The van der Waals surface area contributed by atoms with Crippen molar-refractivity contribution in [2.45, 2.75) is 18.9 Å². The number of rotatable bonds is 7. The van der Waals surface area contributed by atoms with Crippen molar-refractivity contribution >= 4 is 17.8 Å². The lowest BCUT2D eigenvalue weighted by Gasteiger charge is -2.14. The van der Waals surface area contributed by atoms with Gasteiger partial charge >= 0.3 is 11.9 Å². The van der Waals surface area contributed by atoms with Crippen molar-refractivity contribution < 1.29 is 29.3 Å². The molecule has 0 saturated carbocycles. The number of ether oxygens (including phenoxy) is 1. The Labute approximate surface area is 115 Å². The van der Waals surface area contributed by atoms with Gasteiger partial charge in [0.25, 0.3) is 5.91 Å². The molecule has 1 aromatic carbocycles. The third-order valence-electron chi connectivity index (χ3n) is 2.60. The summed E-state index contributed by atoms with van der Waals surface area (Å²) < 4.78 is 5.00. The van der Waals surface area contributed by atoms with Gasteiger partial charge in [-0.2, -0.15) is 0 Å². The quantitative estimate of drug-likeness (QED) is 0.679. The molecule has 0 radical (unpaired) electrons. The molecular weight excluding hydrogens is 266 g/mol. The van der Waals surface area contributed by atoms with Gasteiger partial charge in [-0.15, -0.1) is 0 Å². The van der Waals surface area contributed by atoms with Crippen LogP contribution >= 0.6 is 0 Å². The Morgan fingerprint density at radius 2 is 1.90 bits per heavy atom. The van der Waals surface area contributed by atoms with E-state index in [4.69, 9.17) is 14.9 Å². The van der Waals surface area contributed by atoms with Crippen LogP contribution in [0.3, 0.4) is 0 Å². The molecular formula is C13H15NO6. The van der Waals surface area contributed by atoms with E-state index in [0.29, 0.717) is 5.75 Å². The van der Waals surface area contributed by atoms with Gasteiger partial charge in [-0.3, -0.25) is 9.59 Å². The molecule has 108 valence electrons. The number of amides is 1. The van der Waals surface area contributed by atoms with Crippen molar-refractivity contribution in [3.8, 4) is 5.75 Å². The standard InChI is InChI=1S/C13H15NO6/c1-20-10-5-3-2-4-8(10)12(17)14-9(13(18)19)6-7-11(15)16/h2-5,9H,6-7H2,1H3,(H,14,17)(H,15,16)(H,18,19)/t9-/m0/s1. The lowest BCUT2D eigenvalue weighted by atomic mass is 10.1. The summed E-state index contributed by atoms with van der Waals surface area (Å²) in [6, 6.07) is 5.09. The maximum atomic E-state index is 12.0. The summed E-state index contributed by atoms with van der Waals surface area (Å²) in [6.45, 7) is 0. The Bertz CT molecular complexity index is 513. The van der Waals surface area contributed by atoms with Gasteiger partial charge in [0.2, 0.25) is 0 Å². The molecule has 0 aromatic heterocycles. The minimum absolute atomic E-state index is 0.189. The molecule has 1 atom stereocenters. The first-order chi connectivity index (χ1) is 9.45.